The molecule has 1 heterocycles. The molecule has 0 spiro atoms. The molecule has 8 heteroatoms. The Hall–Kier alpha value is -2.35. The van der Waals surface area contributed by atoms with Crippen LogP contribution in [0.15, 0.2) is 23.6 Å². The SMILES string of the molecule is CCOC(=O)Cc1csc(NC(=O)c2ccc(F)c(F)c2)n1. The first-order chi connectivity index (χ1) is 10.5. The van der Waals surface area contributed by atoms with Gasteiger partial charge in [0.25, 0.3) is 5.91 Å². The van der Waals surface area contributed by atoms with E-state index < -0.39 is 23.5 Å². The fourth-order valence-corrected chi connectivity index (χ4v) is 2.32. The van der Waals surface area contributed by atoms with Crippen LogP contribution >= 0.6 is 11.3 Å². The van der Waals surface area contributed by atoms with Crippen LogP contribution in [0.25, 0.3) is 0 Å². The minimum Gasteiger partial charge on any atom is -0.466 e. The normalized spacial score (nSPS) is 10.3. The second-order valence-electron chi connectivity index (χ2n) is 4.21. The van der Waals surface area contributed by atoms with Gasteiger partial charge in [0, 0.05) is 10.9 Å². The Balaban J connectivity index is 2.01. The van der Waals surface area contributed by atoms with Crippen molar-refractivity contribution in [2.24, 2.45) is 0 Å². The molecule has 0 saturated heterocycles. The maximum Gasteiger partial charge on any atom is 0.311 e. The molecule has 0 atom stereocenters. The minimum absolute atomic E-state index is 0.00534. The van der Waals surface area contributed by atoms with Crippen LogP contribution in [0.1, 0.15) is 23.0 Å². The number of esters is 1. The quantitative estimate of drug-likeness (QED) is 0.858. The molecule has 0 bridgehead atoms. The van der Waals surface area contributed by atoms with Crippen molar-refractivity contribution in [2.45, 2.75) is 13.3 Å². The first-order valence-electron chi connectivity index (χ1n) is 6.36. The lowest BCUT2D eigenvalue weighted by molar-refractivity contribution is -0.142. The van der Waals surface area contributed by atoms with Gasteiger partial charge in [-0.3, -0.25) is 14.9 Å². The first-order valence-corrected chi connectivity index (χ1v) is 7.24. The highest BCUT2D eigenvalue weighted by atomic mass is 32.1. The number of aromatic nitrogens is 1. The number of anilines is 1. The van der Waals surface area contributed by atoms with Gasteiger partial charge in [0.2, 0.25) is 0 Å². The van der Waals surface area contributed by atoms with Gasteiger partial charge in [-0.15, -0.1) is 11.3 Å². The zero-order chi connectivity index (χ0) is 16.1. The molecule has 1 N–H and O–H groups in total. The van der Waals surface area contributed by atoms with Crippen molar-refractivity contribution < 1.29 is 23.1 Å². The molecule has 0 radical (unpaired) electrons. The highest BCUT2D eigenvalue weighted by Gasteiger charge is 2.13. The van der Waals surface area contributed by atoms with Gasteiger partial charge >= 0.3 is 5.97 Å². The van der Waals surface area contributed by atoms with Crippen LogP contribution in [0.2, 0.25) is 0 Å². The summed E-state index contributed by atoms with van der Waals surface area (Å²) >= 11 is 1.12. The molecule has 2 rings (SSSR count). The predicted molar refractivity (Wildman–Crippen MR) is 76.8 cm³/mol. The van der Waals surface area contributed by atoms with Gasteiger partial charge in [-0.2, -0.15) is 0 Å². The van der Waals surface area contributed by atoms with E-state index >= 15 is 0 Å². The number of nitrogens with zero attached hydrogens (tertiary/aromatic N) is 1. The third-order valence-electron chi connectivity index (χ3n) is 2.58. The molecule has 0 fully saturated rings. The summed E-state index contributed by atoms with van der Waals surface area (Å²) < 4.78 is 30.7. The number of halogens is 2. The van der Waals surface area contributed by atoms with Gasteiger partial charge in [0.1, 0.15) is 0 Å². The molecule has 5 nitrogen and oxygen atoms in total. The molecule has 22 heavy (non-hydrogen) atoms. The number of amides is 1. The van der Waals surface area contributed by atoms with Crippen LogP contribution in [0.3, 0.4) is 0 Å². The van der Waals surface area contributed by atoms with E-state index in [1.165, 1.54) is 6.07 Å². The van der Waals surface area contributed by atoms with Crippen LogP contribution in [-0.2, 0) is 16.0 Å². The van der Waals surface area contributed by atoms with Gasteiger partial charge in [-0.1, -0.05) is 0 Å². The third-order valence-corrected chi connectivity index (χ3v) is 3.39. The maximum atomic E-state index is 13.1. The Bertz CT molecular complexity index is 703. The standard InChI is InChI=1S/C14H12F2N2O3S/c1-2-21-12(19)6-9-7-22-14(17-9)18-13(20)8-3-4-10(15)11(16)5-8/h3-5,7H,2,6H2,1H3,(H,17,18,20). The Kier molecular flexibility index (Phi) is 5.16. The molecule has 1 aromatic heterocycles. The number of thiazole rings is 1. The summed E-state index contributed by atoms with van der Waals surface area (Å²) in [5.74, 6) is -3.15. The molecular formula is C14H12F2N2O3S. The van der Waals surface area contributed by atoms with Gasteiger partial charge in [0.15, 0.2) is 16.8 Å². The smallest absolute Gasteiger partial charge is 0.311 e. The monoisotopic (exact) mass is 326 g/mol. The maximum absolute atomic E-state index is 13.1. The summed E-state index contributed by atoms with van der Waals surface area (Å²) in [4.78, 5) is 27.3. The van der Waals surface area contributed by atoms with E-state index in [1.807, 2.05) is 0 Å². The largest absolute Gasteiger partial charge is 0.466 e. The van der Waals surface area contributed by atoms with Crippen LogP contribution in [0.5, 0.6) is 0 Å². The van der Waals surface area contributed by atoms with Gasteiger partial charge < -0.3 is 4.74 Å². The van der Waals surface area contributed by atoms with E-state index in [2.05, 4.69) is 10.3 Å². The second kappa shape index (κ2) is 7.08. The molecule has 116 valence electrons. The molecule has 2 aromatic rings. The summed E-state index contributed by atoms with van der Waals surface area (Å²) in [5, 5.41) is 4.33. The molecule has 0 unspecified atom stereocenters. The lowest BCUT2D eigenvalue weighted by Crippen LogP contribution is -2.12. The predicted octanol–water partition coefficient (Wildman–Crippen LogP) is 2.78. The zero-order valence-corrected chi connectivity index (χ0v) is 12.4. The van der Waals surface area contributed by atoms with Crippen molar-refractivity contribution in [3.05, 3.63) is 46.5 Å². The van der Waals surface area contributed by atoms with Gasteiger partial charge in [-0.05, 0) is 25.1 Å². The van der Waals surface area contributed by atoms with Crippen LogP contribution in [-0.4, -0.2) is 23.5 Å². The van der Waals surface area contributed by atoms with E-state index in [1.54, 1.807) is 12.3 Å². The molecule has 0 aliphatic rings. The summed E-state index contributed by atoms with van der Waals surface area (Å²) in [5.41, 5.74) is 0.435. The number of nitrogens with one attached hydrogen (secondary N) is 1. The summed E-state index contributed by atoms with van der Waals surface area (Å²) in [6, 6.07) is 2.84. The van der Waals surface area contributed by atoms with Crippen LogP contribution in [0.4, 0.5) is 13.9 Å². The average molecular weight is 326 g/mol. The van der Waals surface area contributed by atoms with Crippen LogP contribution < -0.4 is 5.32 Å². The molecule has 1 aromatic carbocycles. The Labute approximate surface area is 128 Å². The number of carbonyl (C=O) groups is 2. The number of carbonyl (C=O) groups excluding carboxylic acids is 2. The summed E-state index contributed by atoms with van der Waals surface area (Å²) in [6.45, 7) is 1.98. The number of rotatable bonds is 5. The van der Waals surface area contributed by atoms with Crippen molar-refractivity contribution in [3.63, 3.8) is 0 Å². The highest BCUT2D eigenvalue weighted by Crippen LogP contribution is 2.18. The molecule has 1 amide bonds. The van der Waals surface area contributed by atoms with E-state index in [4.69, 9.17) is 4.74 Å². The number of ether oxygens (including phenoxy) is 1. The van der Waals surface area contributed by atoms with E-state index in [-0.39, 0.29) is 23.7 Å². The third kappa shape index (κ3) is 4.08. The lowest BCUT2D eigenvalue weighted by Gasteiger charge is -2.02. The fourth-order valence-electron chi connectivity index (χ4n) is 1.61. The Morgan fingerprint density at radius 3 is 2.77 bits per heavy atom. The number of hydrogen-bond donors (Lipinski definition) is 1. The van der Waals surface area contributed by atoms with Crippen molar-refractivity contribution >= 4 is 28.3 Å². The van der Waals surface area contributed by atoms with E-state index in [0.717, 1.165) is 23.5 Å². The molecule has 0 aliphatic heterocycles. The second-order valence-corrected chi connectivity index (χ2v) is 5.07. The lowest BCUT2D eigenvalue weighted by atomic mass is 10.2. The summed E-state index contributed by atoms with van der Waals surface area (Å²) in [7, 11) is 0. The Morgan fingerprint density at radius 1 is 1.32 bits per heavy atom. The van der Waals surface area contributed by atoms with Gasteiger partial charge in [0.05, 0.1) is 18.7 Å². The van der Waals surface area contributed by atoms with Crippen molar-refractivity contribution in [1.29, 1.82) is 0 Å². The average Bonchev–Trinajstić information content (AvgIpc) is 2.89. The summed E-state index contributed by atoms with van der Waals surface area (Å²) in [6.07, 6.45) is 0.00534. The molecule has 0 saturated carbocycles. The van der Waals surface area contributed by atoms with E-state index in [0.29, 0.717) is 5.69 Å². The topological polar surface area (TPSA) is 68.3 Å². The number of benzene rings is 1. The van der Waals surface area contributed by atoms with Crippen LogP contribution in [0, 0.1) is 11.6 Å². The van der Waals surface area contributed by atoms with Crippen molar-refractivity contribution in [1.82, 2.24) is 4.98 Å². The first kappa shape index (κ1) is 16.0. The Morgan fingerprint density at radius 2 is 2.09 bits per heavy atom. The molecule has 0 aliphatic carbocycles. The molecular weight excluding hydrogens is 314 g/mol. The fraction of sp³-hybridized carbons (Fsp3) is 0.214. The van der Waals surface area contributed by atoms with Crippen molar-refractivity contribution in [3.8, 4) is 0 Å². The number of hydrogen-bond acceptors (Lipinski definition) is 5. The van der Waals surface area contributed by atoms with E-state index in [9.17, 15) is 18.4 Å². The van der Waals surface area contributed by atoms with Gasteiger partial charge in [-0.25, -0.2) is 13.8 Å². The minimum atomic E-state index is -1.10. The van der Waals surface area contributed by atoms with Crippen molar-refractivity contribution in [2.75, 3.05) is 11.9 Å². The highest BCUT2D eigenvalue weighted by molar-refractivity contribution is 7.14. The zero-order valence-electron chi connectivity index (χ0n) is 11.6.